The summed E-state index contributed by atoms with van der Waals surface area (Å²) < 4.78 is 6.21. The predicted octanol–water partition coefficient (Wildman–Crippen LogP) is 3.68. The van der Waals surface area contributed by atoms with Crippen LogP contribution in [0, 0.1) is 0 Å². The third-order valence-corrected chi connectivity index (χ3v) is 46.4. The van der Waals surface area contributed by atoms with Crippen LogP contribution in [0.15, 0.2) is 0 Å². The van der Waals surface area contributed by atoms with Crippen LogP contribution >= 0.6 is 11.1 Å². The standard InChI is InChI=1S/C9H23ClOSi3/c1-9(2)8-12(3,4)13(5,6)14(7,10)11-9/h8H2,1-7H3. The number of hydrogen-bond donors (Lipinski definition) is 0. The SMILES string of the molecule is CC1(C)C[Si](C)(C)[Si](C)(C)[Si](C)(Cl)O1. The maximum atomic E-state index is 6.75. The van der Waals surface area contributed by atoms with Crippen molar-refractivity contribution in [3.63, 3.8) is 0 Å². The summed E-state index contributed by atoms with van der Waals surface area (Å²) in [5.74, 6) is 0. The maximum absolute atomic E-state index is 6.75. The second kappa shape index (κ2) is 3.20. The van der Waals surface area contributed by atoms with Crippen molar-refractivity contribution >= 4 is 32.9 Å². The van der Waals surface area contributed by atoms with Crippen LogP contribution < -0.4 is 0 Å². The fourth-order valence-corrected chi connectivity index (χ4v) is 35.4. The molecule has 0 radical (unpaired) electrons. The van der Waals surface area contributed by atoms with Crippen LogP contribution in [0.1, 0.15) is 13.8 Å². The van der Waals surface area contributed by atoms with E-state index < -0.39 is 21.8 Å². The van der Waals surface area contributed by atoms with Crippen molar-refractivity contribution in [2.75, 3.05) is 0 Å². The molecular formula is C9H23ClOSi3. The summed E-state index contributed by atoms with van der Waals surface area (Å²) in [6, 6.07) is 1.27. The van der Waals surface area contributed by atoms with Gasteiger partial charge in [0.05, 0.1) is 7.11 Å². The van der Waals surface area contributed by atoms with Crippen LogP contribution in [0.2, 0.25) is 38.8 Å². The zero-order valence-corrected chi connectivity index (χ0v) is 14.2. The first-order valence-corrected chi connectivity index (χ1v) is 16.9. The highest BCUT2D eigenvalue weighted by Gasteiger charge is 2.62. The lowest BCUT2D eigenvalue weighted by Crippen LogP contribution is -2.76. The van der Waals surface area contributed by atoms with Gasteiger partial charge < -0.3 is 4.43 Å². The van der Waals surface area contributed by atoms with Gasteiger partial charge in [-0.25, -0.2) is 0 Å². The molecule has 0 bridgehead atoms. The van der Waals surface area contributed by atoms with Crippen LogP contribution in [0.3, 0.4) is 0 Å². The van der Waals surface area contributed by atoms with E-state index in [4.69, 9.17) is 15.5 Å². The summed E-state index contributed by atoms with van der Waals surface area (Å²) in [5.41, 5.74) is 0.0287. The second-order valence-electron chi connectivity index (χ2n) is 6.46. The van der Waals surface area contributed by atoms with Gasteiger partial charge in [0.25, 0.3) is 7.14 Å². The Kier molecular flexibility index (Phi) is 2.96. The zero-order chi connectivity index (χ0) is 11.4. The molecule has 0 amide bonds. The van der Waals surface area contributed by atoms with Crippen molar-refractivity contribution < 1.29 is 4.43 Å². The molecule has 1 aliphatic rings. The third-order valence-electron chi connectivity index (χ3n) is 4.14. The molecule has 0 aromatic rings. The van der Waals surface area contributed by atoms with E-state index in [0.717, 1.165) is 0 Å². The minimum atomic E-state index is -1.92. The molecule has 1 unspecified atom stereocenters. The molecule has 0 aromatic carbocycles. The monoisotopic (exact) mass is 266 g/mol. The molecule has 1 aliphatic heterocycles. The van der Waals surface area contributed by atoms with Crippen molar-refractivity contribution in [2.45, 2.75) is 58.2 Å². The summed E-state index contributed by atoms with van der Waals surface area (Å²) in [6.45, 7) is 16.6. The lowest BCUT2D eigenvalue weighted by atomic mass is 10.2. The Morgan fingerprint density at radius 2 is 1.50 bits per heavy atom. The molecule has 0 aliphatic carbocycles. The van der Waals surface area contributed by atoms with Crippen LogP contribution in [-0.4, -0.2) is 27.4 Å². The van der Waals surface area contributed by atoms with E-state index in [2.05, 4.69) is 46.6 Å². The van der Waals surface area contributed by atoms with E-state index in [0.29, 0.717) is 0 Å². The molecule has 0 N–H and O–H groups in total. The van der Waals surface area contributed by atoms with E-state index in [1.807, 2.05) is 0 Å². The number of hydrogen-bond acceptors (Lipinski definition) is 1. The topological polar surface area (TPSA) is 9.23 Å². The molecule has 1 nitrogen and oxygen atoms in total. The fraction of sp³-hybridized carbons (Fsp3) is 1.00. The molecule has 1 fully saturated rings. The largest absolute Gasteiger partial charge is 0.401 e. The highest BCUT2D eigenvalue weighted by Crippen LogP contribution is 2.45. The summed E-state index contributed by atoms with van der Waals surface area (Å²) in [7, 11) is -4.37. The van der Waals surface area contributed by atoms with E-state index in [-0.39, 0.29) is 5.60 Å². The van der Waals surface area contributed by atoms with Crippen LogP contribution in [0.25, 0.3) is 0 Å². The molecule has 14 heavy (non-hydrogen) atoms. The second-order valence-corrected chi connectivity index (χ2v) is 34.9. The van der Waals surface area contributed by atoms with Crippen LogP contribution in [0.5, 0.6) is 0 Å². The van der Waals surface area contributed by atoms with Crippen molar-refractivity contribution in [1.82, 2.24) is 0 Å². The van der Waals surface area contributed by atoms with Gasteiger partial charge in [-0.05, 0) is 26.4 Å². The number of halogens is 1. The highest BCUT2D eigenvalue weighted by molar-refractivity contribution is 7.76. The van der Waals surface area contributed by atoms with Gasteiger partial charge in [0.15, 0.2) is 0 Å². The summed E-state index contributed by atoms with van der Waals surface area (Å²) in [6.07, 6.45) is 0. The quantitative estimate of drug-likeness (QED) is 0.480. The van der Waals surface area contributed by atoms with Crippen molar-refractivity contribution in [3.05, 3.63) is 0 Å². The molecule has 84 valence electrons. The van der Waals surface area contributed by atoms with Gasteiger partial charge in [0.2, 0.25) is 0 Å². The van der Waals surface area contributed by atoms with Gasteiger partial charge >= 0.3 is 0 Å². The smallest absolute Gasteiger partial charge is 0.267 e. The van der Waals surface area contributed by atoms with Gasteiger partial charge in [0.1, 0.15) is 0 Å². The first-order chi connectivity index (χ1) is 5.91. The molecule has 1 saturated heterocycles. The molecule has 5 heteroatoms. The van der Waals surface area contributed by atoms with Gasteiger partial charge in [-0.2, -0.15) is 0 Å². The number of rotatable bonds is 0. The molecule has 0 spiro atoms. The predicted molar refractivity (Wildman–Crippen MR) is 72.4 cm³/mol. The maximum Gasteiger partial charge on any atom is 0.267 e. The average Bonchev–Trinajstić information content (AvgIpc) is 1.77. The van der Waals surface area contributed by atoms with Crippen molar-refractivity contribution in [3.8, 4) is 0 Å². The molecular weight excluding hydrogens is 244 g/mol. The Morgan fingerprint density at radius 1 is 1.07 bits per heavy atom. The van der Waals surface area contributed by atoms with Gasteiger partial charge in [-0.3, -0.25) is 0 Å². The van der Waals surface area contributed by atoms with Crippen LogP contribution in [-0.2, 0) is 4.43 Å². The summed E-state index contributed by atoms with van der Waals surface area (Å²) in [4.78, 5) is 0. The van der Waals surface area contributed by atoms with E-state index in [1.54, 1.807) is 0 Å². The van der Waals surface area contributed by atoms with Gasteiger partial charge in [-0.15, -0.1) is 11.1 Å². The minimum Gasteiger partial charge on any atom is -0.401 e. The van der Waals surface area contributed by atoms with Gasteiger partial charge in [-0.1, -0.05) is 26.2 Å². The molecule has 0 aromatic heterocycles. The van der Waals surface area contributed by atoms with Crippen molar-refractivity contribution in [1.29, 1.82) is 0 Å². The van der Waals surface area contributed by atoms with Gasteiger partial charge in [0, 0.05) is 13.2 Å². The zero-order valence-electron chi connectivity index (χ0n) is 10.5. The fourth-order valence-electron chi connectivity index (χ4n) is 2.57. The Labute approximate surface area is 95.6 Å². The molecule has 1 atom stereocenters. The van der Waals surface area contributed by atoms with E-state index in [1.165, 1.54) is 6.04 Å². The average molecular weight is 267 g/mol. The molecule has 1 rings (SSSR count). The highest BCUT2D eigenvalue weighted by atomic mass is 35.6. The Morgan fingerprint density at radius 3 is 1.86 bits per heavy atom. The Balaban J connectivity index is 3.13. The minimum absolute atomic E-state index is 0.0287. The summed E-state index contributed by atoms with van der Waals surface area (Å²) in [5, 5.41) is 0. The Bertz CT molecular complexity index is 226. The first-order valence-electron chi connectivity index (χ1n) is 5.30. The van der Waals surface area contributed by atoms with Crippen LogP contribution in [0.4, 0.5) is 0 Å². The summed E-state index contributed by atoms with van der Waals surface area (Å²) >= 11 is 6.75. The lowest BCUT2D eigenvalue weighted by molar-refractivity contribution is 0.127. The van der Waals surface area contributed by atoms with Crippen molar-refractivity contribution in [2.24, 2.45) is 0 Å². The normalized spacial score (nSPS) is 39.4. The lowest BCUT2D eigenvalue weighted by Gasteiger charge is -2.56. The first kappa shape index (κ1) is 13.0. The molecule has 0 saturated carbocycles. The molecule has 1 heterocycles. The Hall–Kier alpha value is 0.901. The third kappa shape index (κ3) is 1.91. The van der Waals surface area contributed by atoms with E-state index >= 15 is 0 Å². The van der Waals surface area contributed by atoms with E-state index in [9.17, 15) is 0 Å².